The number of thiocarbonyl (C=S) groups is 1. The highest BCUT2D eigenvalue weighted by molar-refractivity contribution is 8.27. The topological polar surface area (TPSA) is 62.6 Å². The molecule has 1 heterocycles. The van der Waals surface area contributed by atoms with Crippen molar-refractivity contribution in [3.05, 3.63) is 59.0 Å². The quantitative estimate of drug-likeness (QED) is 0.575. The zero-order chi connectivity index (χ0) is 18.5. The standard InChI is InChI=1S/C19H14N2O3S2/c1-23-16-11-13(7-8-15(16)24-10-9-20)12-17-18(22)21(19(25)26-17)14-5-3-2-4-6-14/h2-8,11-12H,10H2,1H3/b17-12-. The van der Waals surface area contributed by atoms with Gasteiger partial charge in [0, 0.05) is 0 Å². The lowest BCUT2D eigenvalue weighted by atomic mass is 10.2. The molecule has 0 radical (unpaired) electrons. The molecule has 2 aromatic carbocycles. The van der Waals surface area contributed by atoms with Crippen molar-refractivity contribution in [1.82, 2.24) is 0 Å². The fraction of sp³-hybridized carbons (Fsp3) is 0.105. The van der Waals surface area contributed by atoms with Gasteiger partial charge in [-0.3, -0.25) is 9.69 Å². The highest BCUT2D eigenvalue weighted by Crippen LogP contribution is 2.37. The van der Waals surface area contributed by atoms with Crippen molar-refractivity contribution in [2.75, 3.05) is 18.6 Å². The van der Waals surface area contributed by atoms with E-state index >= 15 is 0 Å². The maximum absolute atomic E-state index is 12.7. The summed E-state index contributed by atoms with van der Waals surface area (Å²) in [4.78, 5) is 14.8. The Morgan fingerprint density at radius 1 is 1.23 bits per heavy atom. The van der Waals surface area contributed by atoms with E-state index < -0.39 is 0 Å². The van der Waals surface area contributed by atoms with Crippen LogP contribution in [0.25, 0.3) is 6.08 Å². The number of hydrogen-bond donors (Lipinski definition) is 0. The molecule has 3 rings (SSSR count). The first-order valence-corrected chi connectivity index (χ1v) is 8.87. The number of hydrogen-bond acceptors (Lipinski definition) is 6. The molecule has 2 aromatic rings. The Morgan fingerprint density at radius 2 is 2.00 bits per heavy atom. The van der Waals surface area contributed by atoms with Crippen LogP contribution in [0.15, 0.2) is 53.4 Å². The third kappa shape index (κ3) is 3.72. The van der Waals surface area contributed by atoms with Gasteiger partial charge in [0.2, 0.25) is 0 Å². The van der Waals surface area contributed by atoms with Crippen molar-refractivity contribution in [2.24, 2.45) is 0 Å². The smallest absolute Gasteiger partial charge is 0.270 e. The number of ether oxygens (including phenoxy) is 2. The molecule has 1 fully saturated rings. The van der Waals surface area contributed by atoms with Crippen LogP contribution in [-0.4, -0.2) is 23.9 Å². The highest BCUT2D eigenvalue weighted by Gasteiger charge is 2.33. The minimum atomic E-state index is -0.157. The summed E-state index contributed by atoms with van der Waals surface area (Å²) in [5, 5.41) is 8.63. The molecule has 1 aliphatic heterocycles. The first kappa shape index (κ1) is 18.0. The number of amides is 1. The number of nitrogens with zero attached hydrogens (tertiary/aromatic N) is 2. The number of nitriles is 1. The monoisotopic (exact) mass is 382 g/mol. The predicted octanol–water partition coefficient (Wildman–Crippen LogP) is 4.00. The van der Waals surface area contributed by atoms with Crippen molar-refractivity contribution < 1.29 is 14.3 Å². The molecular formula is C19H14N2O3S2. The van der Waals surface area contributed by atoms with Gasteiger partial charge in [-0.1, -0.05) is 48.2 Å². The van der Waals surface area contributed by atoms with Crippen LogP contribution in [0.2, 0.25) is 0 Å². The van der Waals surface area contributed by atoms with Gasteiger partial charge in [0.05, 0.1) is 17.7 Å². The second-order valence-electron chi connectivity index (χ2n) is 5.21. The van der Waals surface area contributed by atoms with Gasteiger partial charge in [-0.15, -0.1) is 0 Å². The van der Waals surface area contributed by atoms with Gasteiger partial charge < -0.3 is 9.47 Å². The minimum absolute atomic E-state index is 0.0640. The van der Waals surface area contributed by atoms with Gasteiger partial charge in [-0.2, -0.15) is 5.26 Å². The molecule has 0 aromatic heterocycles. The molecular weight excluding hydrogens is 368 g/mol. The summed E-state index contributed by atoms with van der Waals surface area (Å²) >= 11 is 6.62. The maximum Gasteiger partial charge on any atom is 0.270 e. The average Bonchev–Trinajstić information content (AvgIpc) is 2.94. The van der Waals surface area contributed by atoms with E-state index in [0.717, 1.165) is 11.3 Å². The minimum Gasteiger partial charge on any atom is -0.493 e. The average molecular weight is 382 g/mol. The van der Waals surface area contributed by atoms with Crippen LogP contribution in [0.3, 0.4) is 0 Å². The van der Waals surface area contributed by atoms with E-state index in [4.69, 9.17) is 27.0 Å². The molecule has 0 unspecified atom stereocenters. The number of rotatable bonds is 5. The number of thioether (sulfide) groups is 1. The Hall–Kier alpha value is -2.82. The van der Waals surface area contributed by atoms with Crippen molar-refractivity contribution in [1.29, 1.82) is 5.26 Å². The molecule has 1 aliphatic rings. The van der Waals surface area contributed by atoms with Crippen LogP contribution in [-0.2, 0) is 4.79 Å². The van der Waals surface area contributed by atoms with Gasteiger partial charge in [-0.25, -0.2) is 0 Å². The second kappa shape index (κ2) is 8.04. The van der Waals surface area contributed by atoms with Crippen LogP contribution in [0.4, 0.5) is 5.69 Å². The lowest BCUT2D eigenvalue weighted by molar-refractivity contribution is -0.113. The zero-order valence-corrected chi connectivity index (χ0v) is 15.5. The van der Waals surface area contributed by atoms with Crippen LogP contribution < -0.4 is 14.4 Å². The zero-order valence-electron chi connectivity index (χ0n) is 13.8. The van der Waals surface area contributed by atoms with E-state index in [1.54, 1.807) is 24.3 Å². The van der Waals surface area contributed by atoms with Gasteiger partial charge in [-0.05, 0) is 35.9 Å². The van der Waals surface area contributed by atoms with E-state index in [1.807, 2.05) is 36.4 Å². The number of benzene rings is 2. The SMILES string of the molecule is COc1cc(/C=C2\SC(=S)N(c3ccccc3)C2=O)ccc1OCC#N. The second-order valence-corrected chi connectivity index (χ2v) is 6.89. The normalized spacial score (nSPS) is 15.2. The molecule has 0 bridgehead atoms. The number of anilines is 1. The summed E-state index contributed by atoms with van der Waals surface area (Å²) in [6.07, 6.45) is 1.76. The largest absolute Gasteiger partial charge is 0.493 e. The number of carbonyl (C=O) groups is 1. The Bertz CT molecular complexity index is 920. The fourth-order valence-corrected chi connectivity index (χ4v) is 3.72. The summed E-state index contributed by atoms with van der Waals surface area (Å²) in [5.74, 6) is 0.811. The molecule has 1 amide bonds. The van der Waals surface area contributed by atoms with E-state index in [2.05, 4.69) is 0 Å². The van der Waals surface area contributed by atoms with E-state index in [-0.39, 0.29) is 12.5 Å². The molecule has 0 saturated carbocycles. The first-order chi connectivity index (χ1) is 12.6. The Labute approximate surface area is 160 Å². The van der Waals surface area contributed by atoms with Crippen LogP contribution in [0.1, 0.15) is 5.56 Å². The molecule has 5 nitrogen and oxygen atoms in total. The van der Waals surface area contributed by atoms with Crippen LogP contribution in [0.5, 0.6) is 11.5 Å². The molecule has 1 saturated heterocycles. The molecule has 0 aliphatic carbocycles. The lowest BCUT2D eigenvalue weighted by Crippen LogP contribution is -2.27. The summed E-state index contributed by atoms with van der Waals surface area (Å²) in [6.45, 7) is -0.0640. The molecule has 0 spiro atoms. The van der Waals surface area contributed by atoms with Crippen molar-refractivity contribution in [3.8, 4) is 17.6 Å². The van der Waals surface area contributed by atoms with Crippen LogP contribution >= 0.6 is 24.0 Å². The predicted molar refractivity (Wildman–Crippen MR) is 106 cm³/mol. The summed E-state index contributed by atoms with van der Waals surface area (Å²) in [6, 6.07) is 16.5. The van der Waals surface area contributed by atoms with Gasteiger partial charge in [0.15, 0.2) is 22.4 Å². The Kier molecular flexibility index (Phi) is 5.56. The van der Waals surface area contributed by atoms with Gasteiger partial charge >= 0.3 is 0 Å². The summed E-state index contributed by atoms with van der Waals surface area (Å²) in [5.41, 5.74) is 1.52. The molecule has 0 N–H and O–H groups in total. The highest BCUT2D eigenvalue weighted by atomic mass is 32.2. The number of para-hydroxylation sites is 1. The molecule has 130 valence electrons. The summed E-state index contributed by atoms with van der Waals surface area (Å²) in [7, 11) is 1.52. The van der Waals surface area contributed by atoms with Gasteiger partial charge in [0.25, 0.3) is 5.91 Å². The van der Waals surface area contributed by atoms with E-state index in [0.29, 0.717) is 20.7 Å². The van der Waals surface area contributed by atoms with E-state index in [1.165, 1.54) is 23.8 Å². The van der Waals surface area contributed by atoms with E-state index in [9.17, 15) is 4.79 Å². The van der Waals surface area contributed by atoms with Crippen molar-refractivity contribution in [3.63, 3.8) is 0 Å². The van der Waals surface area contributed by atoms with Gasteiger partial charge in [0.1, 0.15) is 6.07 Å². The van der Waals surface area contributed by atoms with Crippen molar-refractivity contribution >= 4 is 46.0 Å². The Balaban J connectivity index is 1.88. The molecule has 26 heavy (non-hydrogen) atoms. The fourth-order valence-electron chi connectivity index (χ4n) is 2.42. The maximum atomic E-state index is 12.7. The Morgan fingerprint density at radius 3 is 2.69 bits per heavy atom. The van der Waals surface area contributed by atoms with Crippen LogP contribution in [0, 0.1) is 11.3 Å². The number of methoxy groups -OCH3 is 1. The lowest BCUT2D eigenvalue weighted by Gasteiger charge is -2.13. The van der Waals surface area contributed by atoms with Crippen molar-refractivity contribution in [2.45, 2.75) is 0 Å². The molecule has 7 heteroatoms. The summed E-state index contributed by atoms with van der Waals surface area (Å²) < 4.78 is 11.1. The third-order valence-electron chi connectivity index (χ3n) is 3.59. The third-order valence-corrected chi connectivity index (χ3v) is 4.89. The molecule has 0 atom stereocenters. The first-order valence-electron chi connectivity index (χ1n) is 7.65. The number of carbonyl (C=O) groups excluding carboxylic acids is 1.